The summed E-state index contributed by atoms with van der Waals surface area (Å²) in [6.07, 6.45) is 0. The van der Waals surface area contributed by atoms with E-state index in [0.717, 1.165) is 34.3 Å². The molecule has 0 unspecified atom stereocenters. The molecule has 0 atom stereocenters. The first-order valence-electron chi connectivity index (χ1n) is 9.23. The van der Waals surface area contributed by atoms with E-state index in [0.29, 0.717) is 12.3 Å². The van der Waals surface area contributed by atoms with Gasteiger partial charge in [0.1, 0.15) is 0 Å². The van der Waals surface area contributed by atoms with E-state index in [4.69, 9.17) is 0 Å². The molecular formula is C21H25N5OS. The Labute approximate surface area is 170 Å². The number of carbonyl (C=O) groups excluding carboxylic acids is 1. The third-order valence-corrected chi connectivity index (χ3v) is 5.31. The summed E-state index contributed by atoms with van der Waals surface area (Å²) < 4.78 is 2.03. The largest absolute Gasteiger partial charge is 0.378 e. The lowest BCUT2D eigenvalue weighted by molar-refractivity contribution is -0.118. The lowest BCUT2D eigenvalue weighted by atomic mass is 10.2. The van der Waals surface area contributed by atoms with Crippen molar-refractivity contribution >= 4 is 23.4 Å². The lowest BCUT2D eigenvalue weighted by Crippen LogP contribution is -2.24. The van der Waals surface area contributed by atoms with Crippen molar-refractivity contribution in [3.8, 4) is 11.4 Å². The van der Waals surface area contributed by atoms with Crippen molar-refractivity contribution in [2.24, 2.45) is 0 Å². The quantitative estimate of drug-likeness (QED) is 0.592. The minimum atomic E-state index is -0.0198. The number of benzene rings is 2. The first-order valence-corrected chi connectivity index (χ1v) is 10.2. The van der Waals surface area contributed by atoms with Crippen molar-refractivity contribution in [2.45, 2.75) is 25.2 Å². The normalized spacial score (nSPS) is 10.7. The van der Waals surface area contributed by atoms with Gasteiger partial charge in [0.2, 0.25) is 5.91 Å². The molecule has 1 amide bonds. The molecule has 0 aliphatic rings. The van der Waals surface area contributed by atoms with Gasteiger partial charge in [0, 0.05) is 38.4 Å². The summed E-state index contributed by atoms with van der Waals surface area (Å²) in [5.74, 6) is 1.11. The number of rotatable bonds is 8. The summed E-state index contributed by atoms with van der Waals surface area (Å²) in [6.45, 7) is 3.32. The van der Waals surface area contributed by atoms with Crippen LogP contribution in [0.1, 0.15) is 12.5 Å². The number of thioether (sulfide) groups is 1. The molecular weight excluding hydrogens is 370 g/mol. The van der Waals surface area contributed by atoms with Crippen LogP contribution in [0.25, 0.3) is 11.4 Å². The Morgan fingerprint density at radius 1 is 1.07 bits per heavy atom. The average molecular weight is 396 g/mol. The smallest absolute Gasteiger partial charge is 0.230 e. The van der Waals surface area contributed by atoms with Gasteiger partial charge in [-0.15, -0.1) is 10.2 Å². The SMILES string of the molecule is CCn1c(SCC(=O)NCc2ccc(N(C)C)cc2)nnc1-c1ccccc1. The predicted molar refractivity (Wildman–Crippen MR) is 114 cm³/mol. The second-order valence-corrected chi connectivity index (χ2v) is 7.49. The van der Waals surface area contributed by atoms with Gasteiger partial charge in [-0.1, -0.05) is 54.2 Å². The number of nitrogens with zero attached hydrogens (tertiary/aromatic N) is 4. The lowest BCUT2D eigenvalue weighted by Gasteiger charge is -2.13. The van der Waals surface area contributed by atoms with E-state index in [9.17, 15) is 4.79 Å². The van der Waals surface area contributed by atoms with Crippen molar-refractivity contribution in [3.63, 3.8) is 0 Å². The number of aromatic nitrogens is 3. The first kappa shape index (κ1) is 19.9. The zero-order valence-electron chi connectivity index (χ0n) is 16.4. The standard InChI is InChI=1S/C21H25N5OS/c1-4-26-20(17-8-6-5-7-9-17)23-24-21(26)28-15-19(27)22-14-16-10-12-18(13-11-16)25(2)3/h5-13H,4,14-15H2,1-3H3,(H,22,27). The average Bonchev–Trinajstić information content (AvgIpc) is 3.14. The second-order valence-electron chi connectivity index (χ2n) is 6.54. The molecule has 1 heterocycles. The molecule has 3 aromatic rings. The Bertz CT molecular complexity index is 906. The molecule has 0 bridgehead atoms. The van der Waals surface area contributed by atoms with Crippen LogP contribution in [0.2, 0.25) is 0 Å². The van der Waals surface area contributed by atoms with Gasteiger partial charge >= 0.3 is 0 Å². The van der Waals surface area contributed by atoms with Crippen LogP contribution in [-0.4, -0.2) is 40.5 Å². The van der Waals surface area contributed by atoms with Gasteiger partial charge in [-0.05, 0) is 24.6 Å². The minimum absolute atomic E-state index is 0.0198. The van der Waals surface area contributed by atoms with E-state index in [1.54, 1.807) is 0 Å². The molecule has 1 aromatic heterocycles. The predicted octanol–water partition coefficient (Wildman–Crippen LogP) is 3.44. The molecule has 0 spiro atoms. The Balaban J connectivity index is 1.55. The maximum Gasteiger partial charge on any atom is 0.230 e. The zero-order valence-corrected chi connectivity index (χ0v) is 17.2. The van der Waals surface area contributed by atoms with Crippen molar-refractivity contribution < 1.29 is 4.79 Å². The molecule has 1 N–H and O–H groups in total. The van der Waals surface area contributed by atoms with Crippen LogP contribution in [0.15, 0.2) is 59.8 Å². The van der Waals surface area contributed by atoms with Gasteiger partial charge in [-0.25, -0.2) is 0 Å². The first-order chi connectivity index (χ1) is 13.6. The van der Waals surface area contributed by atoms with E-state index >= 15 is 0 Å². The molecule has 0 aliphatic carbocycles. The van der Waals surface area contributed by atoms with Crippen LogP contribution in [0.3, 0.4) is 0 Å². The third kappa shape index (κ3) is 4.92. The van der Waals surface area contributed by atoms with Gasteiger partial charge in [0.05, 0.1) is 5.75 Å². The molecule has 0 saturated carbocycles. The Morgan fingerprint density at radius 2 is 1.79 bits per heavy atom. The highest BCUT2D eigenvalue weighted by atomic mass is 32.2. The summed E-state index contributed by atoms with van der Waals surface area (Å²) in [4.78, 5) is 14.3. The third-order valence-electron chi connectivity index (χ3n) is 4.34. The molecule has 2 aromatic carbocycles. The van der Waals surface area contributed by atoms with Gasteiger partial charge in [0.25, 0.3) is 0 Å². The fourth-order valence-corrected chi connectivity index (χ4v) is 3.61. The number of hydrogen-bond acceptors (Lipinski definition) is 5. The highest BCUT2D eigenvalue weighted by molar-refractivity contribution is 7.99. The van der Waals surface area contributed by atoms with Crippen LogP contribution >= 0.6 is 11.8 Å². The van der Waals surface area contributed by atoms with E-state index in [-0.39, 0.29) is 5.91 Å². The summed E-state index contributed by atoms with van der Waals surface area (Å²) in [5, 5.41) is 12.3. The molecule has 3 rings (SSSR count). The van der Waals surface area contributed by atoms with Gasteiger partial charge < -0.3 is 14.8 Å². The van der Waals surface area contributed by atoms with E-state index in [1.807, 2.05) is 78.2 Å². The molecule has 6 nitrogen and oxygen atoms in total. The number of amides is 1. The van der Waals surface area contributed by atoms with Crippen LogP contribution in [0, 0.1) is 0 Å². The molecule has 0 aliphatic heterocycles. The molecule has 0 saturated heterocycles. The summed E-state index contributed by atoms with van der Waals surface area (Å²) in [6, 6.07) is 18.1. The summed E-state index contributed by atoms with van der Waals surface area (Å²) in [7, 11) is 4.01. The van der Waals surface area contributed by atoms with E-state index in [1.165, 1.54) is 11.8 Å². The second kappa shape index (κ2) is 9.41. The molecule has 146 valence electrons. The van der Waals surface area contributed by atoms with Crippen molar-refractivity contribution in [2.75, 3.05) is 24.7 Å². The number of nitrogens with one attached hydrogen (secondary N) is 1. The van der Waals surface area contributed by atoms with E-state index in [2.05, 4.69) is 22.4 Å². The molecule has 0 fully saturated rings. The summed E-state index contributed by atoms with van der Waals surface area (Å²) >= 11 is 1.41. The highest BCUT2D eigenvalue weighted by Crippen LogP contribution is 2.23. The van der Waals surface area contributed by atoms with Crippen LogP contribution < -0.4 is 10.2 Å². The monoisotopic (exact) mass is 395 g/mol. The molecule has 0 radical (unpaired) electrons. The maximum absolute atomic E-state index is 12.2. The maximum atomic E-state index is 12.2. The highest BCUT2D eigenvalue weighted by Gasteiger charge is 2.14. The fourth-order valence-electron chi connectivity index (χ4n) is 2.78. The van der Waals surface area contributed by atoms with Crippen LogP contribution in [-0.2, 0) is 17.9 Å². The van der Waals surface area contributed by atoms with Crippen LogP contribution in [0.4, 0.5) is 5.69 Å². The van der Waals surface area contributed by atoms with Crippen molar-refractivity contribution in [1.82, 2.24) is 20.1 Å². The summed E-state index contributed by atoms with van der Waals surface area (Å²) in [5.41, 5.74) is 3.24. The Morgan fingerprint density at radius 3 is 2.43 bits per heavy atom. The zero-order chi connectivity index (χ0) is 19.9. The fraction of sp³-hybridized carbons (Fsp3) is 0.286. The number of hydrogen-bond donors (Lipinski definition) is 1. The molecule has 28 heavy (non-hydrogen) atoms. The Hall–Kier alpha value is -2.80. The van der Waals surface area contributed by atoms with Crippen molar-refractivity contribution in [3.05, 3.63) is 60.2 Å². The minimum Gasteiger partial charge on any atom is -0.378 e. The van der Waals surface area contributed by atoms with E-state index < -0.39 is 0 Å². The van der Waals surface area contributed by atoms with Gasteiger partial charge in [-0.2, -0.15) is 0 Å². The van der Waals surface area contributed by atoms with Crippen molar-refractivity contribution in [1.29, 1.82) is 0 Å². The van der Waals surface area contributed by atoms with Gasteiger partial charge in [0.15, 0.2) is 11.0 Å². The number of carbonyl (C=O) groups is 1. The topological polar surface area (TPSA) is 63.1 Å². The number of anilines is 1. The molecule has 7 heteroatoms. The Kier molecular flexibility index (Phi) is 6.71. The van der Waals surface area contributed by atoms with Gasteiger partial charge in [-0.3, -0.25) is 4.79 Å². The van der Waals surface area contributed by atoms with Crippen LogP contribution in [0.5, 0.6) is 0 Å².